The molecule has 0 fully saturated rings. The van der Waals surface area contributed by atoms with Crippen LogP contribution in [0.25, 0.3) is 11.5 Å². The van der Waals surface area contributed by atoms with Gasteiger partial charge in [0.2, 0.25) is 17.7 Å². The Hall–Kier alpha value is -2.71. The van der Waals surface area contributed by atoms with Gasteiger partial charge in [-0.3, -0.25) is 4.79 Å². The van der Waals surface area contributed by atoms with E-state index >= 15 is 0 Å². The van der Waals surface area contributed by atoms with Gasteiger partial charge in [0.25, 0.3) is 0 Å². The number of nitrogens with zero attached hydrogens (tertiary/aromatic N) is 5. The smallest absolute Gasteiger partial charge is 0.244 e. The third kappa shape index (κ3) is 3.98. The zero-order valence-electron chi connectivity index (χ0n) is 14.5. The first-order valence-electron chi connectivity index (χ1n) is 7.68. The number of hydrogen-bond donors (Lipinski definition) is 1. The SMILES string of the molecule is CCC(C)NC(=O)C(C)n1cc(-c2nc(OC)cc(OC)n2)nn1. The van der Waals surface area contributed by atoms with E-state index in [1.54, 1.807) is 19.2 Å². The van der Waals surface area contributed by atoms with Crippen molar-refractivity contribution in [2.75, 3.05) is 14.2 Å². The summed E-state index contributed by atoms with van der Waals surface area (Å²) in [5.74, 6) is 0.903. The number of rotatable bonds is 7. The Labute approximate surface area is 140 Å². The van der Waals surface area contributed by atoms with E-state index in [-0.39, 0.29) is 11.9 Å². The quantitative estimate of drug-likeness (QED) is 0.812. The van der Waals surface area contributed by atoms with Gasteiger partial charge in [0.05, 0.1) is 26.5 Å². The summed E-state index contributed by atoms with van der Waals surface area (Å²) in [4.78, 5) is 20.6. The van der Waals surface area contributed by atoms with Gasteiger partial charge >= 0.3 is 0 Å². The van der Waals surface area contributed by atoms with E-state index < -0.39 is 6.04 Å². The van der Waals surface area contributed by atoms with Crippen molar-refractivity contribution in [2.45, 2.75) is 39.3 Å². The zero-order chi connectivity index (χ0) is 17.7. The maximum absolute atomic E-state index is 12.2. The van der Waals surface area contributed by atoms with Crippen LogP contribution >= 0.6 is 0 Å². The molecule has 0 aliphatic heterocycles. The number of nitrogens with one attached hydrogen (secondary N) is 1. The summed E-state index contributed by atoms with van der Waals surface area (Å²) in [6, 6.07) is 1.18. The predicted octanol–water partition coefficient (Wildman–Crippen LogP) is 1.23. The Morgan fingerprint density at radius 1 is 1.25 bits per heavy atom. The monoisotopic (exact) mass is 334 g/mol. The molecule has 9 nitrogen and oxygen atoms in total. The first-order valence-corrected chi connectivity index (χ1v) is 7.68. The number of hydrogen-bond acceptors (Lipinski definition) is 7. The highest BCUT2D eigenvalue weighted by Gasteiger charge is 2.19. The van der Waals surface area contributed by atoms with E-state index in [2.05, 4.69) is 25.6 Å². The number of ether oxygens (including phenoxy) is 2. The van der Waals surface area contributed by atoms with Gasteiger partial charge in [-0.1, -0.05) is 12.1 Å². The van der Waals surface area contributed by atoms with Crippen molar-refractivity contribution >= 4 is 5.91 Å². The summed E-state index contributed by atoms with van der Waals surface area (Å²) in [5.41, 5.74) is 0.426. The molecular formula is C15H22N6O3. The predicted molar refractivity (Wildman–Crippen MR) is 86.8 cm³/mol. The number of carbonyl (C=O) groups is 1. The fourth-order valence-corrected chi connectivity index (χ4v) is 1.88. The van der Waals surface area contributed by atoms with Crippen LogP contribution < -0.4 is 14.8 Å². The second-order valence-corrected chi connectivity index (χ2v) is 5.35. The van der Waals surface area contributed by atoms with E-state index in [9.17, 15) is 4.79 Å². The molecule has 0 bridgehead atoms. The van der Waals surface area contributed by atoms with Gasteiger partial charge in [-0.2, -0.15) is 9.97 Å². The lowest BCUT2D eigenvalue weighted by molar-refractivity contribution is -0.124. The van der Waals surface area contributed by atoms with E-state index in [0.717, 1.165) is 6.42 Å². The van der Waals surface area contributed by atoms with Crippen molar-refractivity contribution in [1.82, 2.24) is 30.3 Å². The summed E-state index contributed by atoms with van der Waals surface area (Å²) >= 11 is 0. The molecule has 0 aromatic carbocycles. The molecule has 130 valence electrons. The third-order valence-corrected chi connectivity index (χ3v) is 3.61. The molecule has 1 amide bonds. The van der Waals surface area contributed by atoms with Crippen molar-refractivity contribution in [3.05, 3.63) is 12.3 Å². The van der Waals surface area contributed by atoms with Gasteiger partial charge in [0, 0.05) is 6.04 Å². The normalized spacial score (nSPS) is 13.2. The summed E-state index contributed by atoms with van der Waals surface area (Å²) in [6.45, 7) is 5.72. The minimum atomic E-state index is -0.493. The Kier molecular flexibility index (Phi) is 5.67. The van der Waals surface area contributed by atoms with Crippen LogP contribution in [0.4, 0.5) is 0 Å². The molecule has 24 heavy (non-hydrogen) atoms. The van der Waals surface area contributed by atoms with Crippen LogP contribution in [0.15, 0.2) is 12.3 Å². The van der Waals surface area contributed by atoms with Crippen molar-refractivity contribution < 1.29 is 14.3 Å². The molecule has 2 aromatic heterocycles. The molecule has 9 heteroatoms. The molecule has 2 unspecified atom stereocenters. The molecule has 0 saturated carbocycles. The number of carbonyl (C=O) groups excluding carboxylic acids is 1. The number of methoxy groups -OCH3 is 2. The van der Waals surface area contributed by atoms with Gasteiger partial charge in [0.15, 0.2) is 11.5 Å². The van der Waals surface area contributed by atoms with Crippen molar-refractivity contribution in [2.24, 2.45) is 0 Å². The van der Waals surface area contributed by atoms with Crippen LogP contribution in [-0.2, 0) is 4.79 Å². The Morgan fingerprint density at radius 2 is 1.88 bits per heavy atom. The highest BCUT2D eigenvalue weighted by Crippen LogP contribution is 2.21. The largest absolute Gasteiger partial charge is 0.481 e. The van der Waals surface area contributed by atoms with Gasteiger partial charge in [-0.15, -0.1) is 5.10 Å². The second-order valence-electron chi connectivity index (χ2n) is 5.35. The molecule has 1 N–H and O–H groups in total. The molecule has 2 rings (SSSR count). The highest BCUT2D eigenvalue weighted by atomic mass is 16.5. The molecule has 0 radical (unpaired) electrons. The fourth-order valence-electron chi connectivity index (χ4n) is 1.88. The summed E-state index contributed by atoms with van der Waals surface area (Å²) in [7, 11) is 3.01. The average Bonchev–Trinajstić information content (AvgIpc) is 3.10. The van der Waals surface area contributed by atoms with Crippen LogP contribution in [0.2, 0.25) is 0 Å². The molecule has 0 aliphatic carbocycles. The van der Waals surface area contributed by atoms with Crippen molar-refractivity contribution in [3.63, 3.8) is 0 Å². The highest BCUT2D eigenvalue weighted by molar-refractivity contribution is 5.80. The average molecular weight is 334 g/mol. The molecule has 2 heterocycles. The van der Waals surface area contributed by atoms with Crippen LogP contribution in [0.5, 0.6) is 11.8 Å². The summed E-state index contributed by atoms with van der Waals surface area (Å²) < 4.78 is 11.7. The maximum atomic E-state index is 12.2. The fraction of sp³-hybridized carbons (Fsp3) is 0.533. The lowest BCUT2D eigenvalue weighted by atomic mass is 10.2. The Balaban J connectivity index is 2.22. The number of amides is 1. The minimum Gasteiger partial charge on any atom is -0.481 e. The van der Waals surface area contributed by atoms with E-state index in [1.807, 2.05) is 13.8 Å². The van der Waals surface area contributed by atoms with Crippen molar-refractivity contribution in [3.8, 4) is 23.3 Å². The molecule has 2 aromatic rings. The first kappa shape index (κ1) is 17.6. The lowest BCUT2D eigenvalue weighted by Crippen LogP contribution is -2.37. The summed E-state index contributed by atoms with van der Waals surface area (Å²) in [5, 5.41) is 11.0. The molecular weight excluding hydrogens is 312 g/mol. The van der Waals surface area contributed by atoms with Crippen LogP contribution in [0.3, 0.4) is 0 Å². The van der Waals surface area contributed by atoms with E-state index in [1.165, 1.54) is 18.9 Å². The molecule has 0 aliphatic rings. The van der Waals surface area contributed by atoms with Crippen LogP contribution in [-0.4, -0.2) is 51.1 Å². The van der Waals surface area contributed by atoms with Crippen LogP contribution in [0, 0.1) is 0 Å². The van der Waals surface area contributed by atoms with E-state index in [4.69, 9.17) is 9.47 Å². The topological polar surface area (TPSA) is 104 Å². The third-order valence-electron chi connectivity index (χ3n) is 3.61. The van der Waals surface area contributed by atoms with Crippen molar-refractivity contribution in [1.29, 1.82) is 0 Å². The van der Waals surface area contributed by atoms with Crippen LogP contribution in [0.1, 0.15) is 33.2 Å². The first-order chi connectivity index (χ1) is 11.5. The minimum absolute atomic E-state index is 0.105. The maximum Gasteiger partial charge on any atom is 0.244 e. The van der Waals surface area contributed by atoms with Gasteiger partial charge in [-0.25, -0.2) is 4.68 Å². The number of aromatic nitrogens is 5. The Morgan fingerprint density at radius 3 is 2.42 bits per heavy atom. The Bertz CT molecular complexity index is 680. The molecule has 0 saturated heterocycles. The summed E-state index contributed by atoms with van der Waals surface area (Å²) in [6.07, 6.45) is 2.48. The van der Waals surface area contributed by atoms with Gasteiger partial charge < -0.3 is 14.8 Å². The van der Waals surface area contributed by atoms with E-state index in [0.29, 0.717) is 23.3 Å². The second kappa shape index (κ2) is 7.71. The lowest BCUT2D eigenvalue weighted by Gasteiger charge is -2.15. The van der Waals surface area contributed by atoms with Gasteiger partial charge in [-0.05, 0) is 20.3 Å². The van der Waals surface area contributed by atoms with Gasteiger partial charge in [0.1, 0.15) is 6.04 Å². The zero-order valence-corrected chi connectivity index (χ0v) is 14.5. The molecule has 0 spiro atoms. The standard InChI is InChI=1S/C15H22N6O3/c1-6-9(2)16-15(22)10(3)21-8-11(19-20-21)14-17-12(23-4)7-13(18-14)24-5/h7-10H,6H2,1-5H3,(H,16,22). The molecule has 2 atom stereocenters.